The van der Waals surface area contributed by atoms with E-state index in [2.05, 4.69) is 25.5 Å². The second-order valence-electron chi connectivity index (χ2n) is 2.98. The summed E-state index contributed by atoms with van der Waals surface area (Å²) in [6.45, 7) is 0.395. The van der Waals surface area contributed by atoms with Crippen molar-refractivity contribution in [2.24, 2.45) is 7.05 Å². The quantitative estimate of drug-likeness (QED) is 0.707. The normalized spacial score (nSPS) is 10.2. The molecule has 0 unspecified atom stereocenters. The largest absolute Gasteiger partial charge is 0.358 e. The van der Waals surface area contributed by atoms with Crippen LogP contribution in [-0.2, 0) is 13.6 Å². The lowest BCUT2D eigenvalue weighted by Gasteiger charge is -2.03. The summed E-state index contributed by atoms with van der Waals surface area (Å²) in [7, 11) is 1.67. The van der Waals surface area contributed by atoms with Gasteiger partial charge in [-0.2, -0.15) is 5.10 Å². The van der Waals surface area contributed by atoms with Gasteiger partial charge in [-0.3, -0.25) is 9.89 Å². The molecule has 0 spiro atoms. The summed E-state index contributed by atoms with van der Waals surface area (Å²) >= 11 is 0. The number of anilines is 1. The third-order valence-corrected chi connectivity index (χ3v) is 1.91. The second-order valence-corrected chi connectivity index (χ2v) is 2.98. The molecule has 0 saturated heterocycles. The van der Waals surface area contributed by atoms with Crippen LogP contribution in [-0.4, -0.2) is 24.7 Å². The maximum Gasteiger partial charge on any atom is 0.293 e. The molecule has 0 bridgehead atoms. The summed E-state index contributed by atoms with van der Waals surface area (Å²) in [6, 6.07) is 0. The van der Waals surface area contributed by atoms with Gasteiger partial charge >= 0.3 is 0 Å². The number of nitrogens with zero attached hydrogens (tertiary/aromatic N) is 4. The summed E-state index contributed by atoms with van der Waals surface area (Å²) in [5, 5.41) is 9.25. The van der Waals surface area contributed by atoms with E-state index in [9.17, 15) is 4.79 Å². The molecule has 2 N–H and O–H groups in total. The van der Waals surface area contributed by atoms with Crippen molar-refractivity contribution in [2.75, 3.05) is 5.32 Å². The molecule has 0 aliphatic carbocycles. The Bertz CT molecular complexity index is 488. The van der Waals surface area contributed by atoms with E-state index in [1.807, 2.05) is 0 Å². The third kappa shape index (κ3) is 2.01. The summed E-state index contributed by atoms with van der Waals surface area (Å²) in [4.78, 5) is 19.4. The lowest BCUT2D eigenvalue weighted by Crippen LogP contribution is -2.21. The van der Waals surface area contributed by atoms with Crippen LogP contribution in [0.25, 0.3) is 0 Å². The first-order chi connectivity index (χ1) is 7.27. The van der Waals surface area contributed by atoms with Crippen molar-refractivity contribution < 1.29 is 0 Å². The Morgan fingerprint density at radius 1 is 1.53 bits per heavy atom. The Balaban J connectivity index is 2.12. The second kappa shape index (κ2) is 3.91. The monoisotopic (exact) mass is 206 g/mol. The van der Waals surface area contributed by atoms with Crippen molar-refractivity contribution >= 4 is 5.82 Å². The highest BCUT2D eigenvalue weighted by atomic mass is 16.1. The molecule has 7 heteroatoms. The van der Waals surface area contributed by atoms with E-state index in [1.165, 1.54) is 10.9 Å². The number of aryl methyl sites for hydroxylation is 1. The molecule has 0 amide bonds. The van der Waals surface area contributed by atoms with Crippen molar-refractivity contribution in [3.8, 4) is 0 Å². The fourth-order valence-corrected chi connectivity index (χ4v) is 1.10. The fourth-order valence-electron chi connectivity index (χ4n) is 1.10. The van der Waals surface area contributed by atoms with Gasteiger partial charge < -0.3 is 9.88 Å². The number of rotatable bonds is 3. The topological polar surface area (TPSA) is 88.5 Å². The Labute approximate surface area is 85.2 Å². The van der Waals surface area contributed by atoms with Crippen LogP contribution in [0.1, 0.15) is 5.82 Å². The van der Waals surface area contributed by atoms with Gasteiger partial charge in [0.05, 0.1) is 6.54 Å². The van der Waals surface area contributed by atoms with Gasteiger partial charge in [0.1, 0.15) is 12.2 Å². The van der Waals surface area contributed by atoms with Gasteiger partial charge in [0.2, 0.25) is 0 Å². The van der Waals surface area contributed by atoms with Crippen molar-refractivity contribution in [3.63, 3.8) is 0 Å². The van der Waals surface area contributed by atoms with Crippen molar-refractivity contribution in [1.29, 1.82) is 0 Å². The Morgan fingerprint density at radius 3 is 3.13 bits per heavy atom. The summed E-state index contributed by atoms with van der Waals surface area (Å²) in [6.07, 6.45) is 4.57. The zero-order valence-electron chi connectivity index (χ0n) is 8.14. The number of nitrogens with one attached hydrogen (secondary N) is 2. The van der Waals surface area contributed by atoms with Gasteiger partial charge in [-0.15, -0.1) is 0 Å². The Kier molecular flexibility index (Phi) is 2.44. The van der Waals surface area contributed by atoms with Crippen LogP contribution in [0.4, 0.5) is 5.82 Å². The number of hydrogen-bond acceptors (Lipinski definition) is 5. The minimum atomic E-state index is -0.169. The van der Waals surface area contributed by atoms with Crippen LogP contribution in [0.3, 0.4) is 0 Å². The van der Waals surface area contributed by atoms with Gasteiger partial charge in [-0.25, -0.2) is 9.97 Å². The summed E-state index contributed by atoms with van der Waals surface area (Å²) in [5.74, 6) is 0.958. The third-order valence-electron chi connectivity index (χ3n) is 1.91. The maximum absolute atomic E-state index is 11.5. The minimum Gasteiger partial charge on any atom is -0.358 e. The summed E-state index contributed by atoms with van der Waals surface area (Å²) < 4.78 is 1.45. The molecule has 0 aliphatic rings. The highest BCUT2D eigenvalue weighted by Gasteiger charge is 2.02. The number of hydrogen-bond donors (Lipinski definition) is 2. The van der Waals surface area contributed by atoms with Crippen molar-refractivity contribution in [3.05, 3.63) is 34.9 Å². The van der Waals surface area contributed by atoms with E-state index < -0.39 is 0 Å². The zero-order valence-corrected chi connectivity index (χ0v) is 8.14. The molecule has 78 valence electrons. The molecule has 0 aromatic carbocycles. The molecule has 0 atom stereocenters. The molecule has 0 fully saturated rings. The molecule has 2 heterocycles. The van der Waals surface area contributed by atoms with Crippen molar-refractivity contribution in [1.82, 2.24) is 24.7 Å². The molecular formula is C8H10N6O. The van der Waals surface area contributed by atoms with Crippen LogP contribution in [0.2, 0.25) is 0 Å². The van der Waals surface area contributed by atoms with Crippen LogP contribution in [0.5, 0.6) is 0 Å². The lowest BCUT2D eigenvalue weighted by molar-refractivity contribution is 0.835. The molecule has 0 saturated carbocycles. The van der Waals surface area contributed by atoms with Gasteiger partial charge in [-0.1, -0.05) is 0 Å². The predicted octanol–water partition coefficient (Wildman–Crippen LogP) is -0.490. The minimum absolute atomic E-state index is 0.169. The molecule has 2 rings (SSSR count). The van der Waals surface area contributed by atoms with Crippen LogP contribution in [0.15, 0.2) is 23.5 Å². The van der Waals surface area contributed by atoms with Gasteiger partial charge in [-0.05, 0) is 0 Å². The Hall–Kier alpha value is -2.18. The first-order valence-corrected chi connectivity index (χ1v) is 4.37. The predicted molar refractivity (Wildman–Crippen MR) is 53.2 cm³/mol. The molecule has 7 nitrogen and oxygen atoms in total. The van der Waals surface area contributed by atoms with Crippen LogP contribution in [0, 0.1) is 0 Å². The fraction of sp³-hybridized carbons (Fsp3) is 0.250. The molecular weight excluding hydrogens is 196 g/mol. The van der Waals surface area contributed by atoms with Gasteiger partial charge in [0, 0.05) is 19.4 Å². The summed E-state index contributed by atoms with van der Waals surface area (Å²) in [5.41, 5.74) is -0.169. The van der Waals surface area contributed by atoms with E-state index >= 15 is 0 Å². The first kappa shape index (κ1) is 9.38. The number of H-pyrrole nitrogens is 1. The first-order valence-electron chi connectivity index (χ1n) is 4.37. The standard InChI is InChI=1S/C8H10N6O/c1-14-3-2-9-7(8(14)15)10-4-6-11-5-12-13-6/h2-3,5H,4H2,1H3,(H,9,10)(H,11,12,13). The Morgan fingerprint density at radius 2 is 2.40 bits per heavy atom. The van der Waals surface area contributed by atoms with E-state index in [4.69, 9.17) is 0 Å². The van der Waals surface area contributed by atoms with Crippen LogP contribution < -0.4 is 10.9 Å². The van der Waals surface area contributed by atoms with Crippen molar-refractivity contribution in [2.45, 2.75) is 6.54 Å². The van der Waals surface area contributed by atoms with Gasteiger partial charge in [0.15, 0.2) is 5.82 Å². The lowest BCUT2D eigenvalue weighted by atomic mass is 10.5. The average Bonchev–Trinajstić information content (AvgIpc) is 2.73. The molecule has 0 radical (unpaired) electrons. The molecule has 0 aliphatic heterocycles. The van der Waals surface area contributed by atoms with E-state index in [0.717, 1.165) is 0 Å². The molecule has 2 aromatic heterocycles. The SMILES string of the molecule is Cn1ccnc(NCc2ncn[nH]2)c1=O. The van der Waals surface area contributed by atoms with Crippen LogP contribution >= 0.6 is 0 Å². The zero-order chi connectivity index (χ0) is 10.7. The van der Waals surface area contributed by atoms with E-state index in [0.29, 0.717) is 18.2 Å². The number of aromatic nitrogens is 5. The van der Waals surface area contributed by atoms with Gasteiger partial charge in [0.25, 0.3) is 5.56 Å². The average molecular weight is 206 g/mol. The van der Waals surface area contributed by atoms with E-state index in [1.54, 1.807) is 19.4 Å². The van der Waals surface area contributed by atoms with E-state index in [-0.39, 0.29) is 5.56 Å². The highest BCUT2D eigenvalue weighted by molar-refractivity contribution is 5.30. The highest BCUT2D eigenvalue weighted by Crippen LogP contribution is 1.94. The maximum atomic E-state index is 11.5. The molecule has 2 aromatic rings. The number of aromatic amines is 1. The molecule has 15 heavy (non-hydrogen) atoms. The smallest absolute Gasteiger partial charge is 0.293 e.